The van der Waals surface area contributed by atoms with Crippen LogP contribution in [0.25, 0.3) is 10.9 Å². The molecule has 5 nitrogen and oxygen atoms in total. The average Bonchev–Trinajstić information content (AvgIpc) is 3.19. The molecule has 2 aromatic carbocycles. The smallest absolute Gasteiger partial charge is 0.143 e. The molecule has 0 radical (unpaired) electrons. The monoisotopic (exact) mass is 514 g/mol. The molecule has 0 saturated carbocycles. The molecular formula is C29H37F3N4O. The summed E-state index contributed by atoms with van der Waals surface area (Å²) in [6.45, 7) is 7.35. The van der Waals surface area contributed by atoms with E-state index >= 15 is 13.2 Å². The fourth-order valence-electron chi connectivity index (χ4n) is 5.89. The second-order valence-corrected chi connectivity index (χ2v) is 11.1. The number of alkyl halides is 1. The maximum atomic E-state index is 15.8. The minimum atomic E-state index is -1.92. The van der Waals surface area contributed by atoms with Crippen molar-refractivity contribution in [3.8, 4) is 0 Å². The number of nitrogens with zero attached hydrogens (tertiary/aromatic N) is 2. The number of hydrogen-bond acceptors (Lipinski definition) is 4. The van der Waals surface area contributed by atoms with E-state index in [1.807, 2.05) is 31.2 Å². The maximum Gasteiger partial charge on any atom is 0.143 e. The van der Waals surface area contributed by atoms with Gasteiger partial charge in [-0.05, 0) is 57.0 Å². The number of likely N-dealkylation sites (tertiary alicyclic amines) is 1. The summed E-state index contributed by atoms with van der Waals surface area (Å²) in [6.07, 6.45) is 2.89. The number of aromatic amines is 1. The van der Waals surface area contributed by atoms with Gasteiger partial charge in [-0.3, -0.25) is 9.80 Å². The van der Waals surface area contributed by atoms with Gasteiger partial charge in [0, 0.05) is 53.5 Å². The standard InChI is InChI=1S/C29H37F3N4O/c1-4-5-10-35-14-20(15-35)33-19-12-23(30)26(24(31)13-19)28-27-22(21-8-6-7-9-25(21)34-27)11-18(2)36(28)16-29(3,32)17-37/h6-9,12-13,18,20,28,33-34,37H,4-5,10-11,14-17H2,1-3H3/t18-,28-,29+/m1/s1. The third kappa shape index (κ3) is 5.11. The fraction of sp³-hybridized carbons (Fsp3) is 0.517. The van der Waals surface area contributed by atoms with Crippen LogP contribution in [-0.2, 0) is 6.42 Å². The number of hydrogen-bond donors (Lipinski definition) is 3. The summed E-state index contributed by atoms with van der Waals surface area (Å²) in [5, 5.41) is 13.9. The number of anilines is 1. The second kappa shape index (κ2) is 10.3. The Morgan fingerprint density at radius 1 is 1.16 bits per heavy atom. The van der Waals surface area contributed by atoms with E-state index in [9.17, 15) is 5.11 Å². The predicted molar refractivity (Wildman–Crippen MR) is 142 cm³/mol. The zero-order chi connectivity index (χ0) is 26.3. The lowest BCUT2D eigenvalue weighted by molar-refractivity contribution is 0.0162. The number of aromatic nitrogens is 1. The Bertz CT molecular complexity index is 1230. The highest BCUT2D eigenvalue weighted by molar-refractivity contribution is 5.85. The number of rotatable bonds is 9. The Morgan fingerprint density at radius 3 is 2.54 bits per heavy atom. The van der Waals surface area contributed by atoms with Crippen molar-refractivity contribution in [2.24, 2.45) is 0 Å². The molecule has 37 heavy (non-hydrogen) atoms. The quantitative estimate of drug-likeness (QED) is 0.358. The number of nitrogens with one attached hydrogen (secondary N) is 2. The van der Waals surface area contributed by atoms with Crippen molar-refractivity contribution >= 4 is 16.6 Å². The summed E-state index contributed by atoms with van der Waals surface area (Å²) in [5.74, 6) is -1.33. The van der Waals surface area contributed by atoms with Crippen LogP contribution in [0.2, 0.25) is 0 Å². The van der Waals surface area contributed by atoms with Gasteiger partial charge < -0.3 is 15.4 Å². The van der Waals surface area contributed by atoms with Crippen LogP contribution in [0.15, 0.2) is 36.4 Å². The number of aliphatic hydroxyl groups excluding tert-OH is 1. The van der Waals surface area contributed by atoms with Crippen LogP contribution in [0.3, 0.4) is 0 Å². The molecule has 200 valence electrons. The number of para-hydroxylation sites is 1. The van der Waals surface area contributed by atoms with Crippen LogP contribution in [0.4, 0.5) is 18.9 Å². The van der Waals surface area contributed by atoms with Crippen LogP contribution < -0.4 is 5.32 Å². The first-order valence-corrected chi connectivity index (χ1v) is 13.3. The number of fused-ring (bicyclic) bond motifs is 3. The van der Waals surface area contributed by atoms with Crippen LogP contribution in [-0.4, -0.2) is 70.4 Å². The highest BCUT2D eigenvalue weighted by Gasteiger charge is 2.42. The topological polar surface area (TPSA) is 54.5 Å². The molecule has 0 amide bonds. The molecule has 0 aliphatic carbocycles. The molecule has 1 aromatic heterocycles. The zero-order valence-corrected chi connectivity index (χ0v) is 21.8. The van der Waals surface area contributed by atoms with Crippen LogP contribution in [0.5, 0.6) is 0 Å². The van der Waals surface area contributed by atoms with E-state index in [-0.39, 0.29) is 24.2 Å². The van der Waals surface area contributed by atoms with Gasteiger partial charge in [0.1, 0.15) is 17.3 Å². The molecule has 1 saturated heterocycles. The highest BCUT2D eigenvalue weighted by Crippen LogP contribution is 2.43. The van der Waals surface area contributed by atoms with Gasteiger partial charge in [-0.25, -0.2) is 13.2 Å². The first kappa shape index (κ1) is 26.1. The van der Waals surface area contributed by atoms with E-state index in [0.717, 1.165) is 48.9 Å². The molecule has 0 spiro atoms. The number of halogens is 3. The van der Waals surface area contributed by atoms with Gasteiger partial charge in [-0.1, -0.05) is 31.5 Å². The van der Waals surface area contributed by atoms with Crippen molar-refractivity contribution in [3.63, 3.8) is 0 Å². The molecule has 2 aliphatic rings. The summed E-state index contributed by atoms with van der Waals surface area (Å²) in [6, 6.07) is 9.61. The van der Waals surface area contributed by atoms with Gasteiger partial charge in [-0.2, -0.15) is 0 Å². The van der Waals surface area contributed by atoms with Gasteiger partial charge >= 0.3 is 0 Å². The van der Waals surface area contributed by atoms with E-state index in [0.29, 0.717) is 17.8 Å². The van der Waals surface area contributed by atoms with E-state index in [1.165, 1.54) is 19.1 Å². The Hall–Kier alpha value is -2.55. The largest absolute Gasteiger partial charge is 0.393 e. The van der Waals surface area contributed by atoms with E-state index in [2.05, 4.69) is 22.1 Å². The van der Waals surface area contributed by atoms with Gasteiger partial charge in [0.2, 0.25) is 0 Å². The van der Waals surface area contributed by atoms with Crippen molar-refractivity contribution in [1.29, 1.82) is 0 Å². The average molecular weight is 515 g/mol. The lowest BCUT2D eigenvalue weighted by Crippen LogP contribution is -2.54. The van der Waals surface area contributed by atoms with Crippen molar-refractivity contribution < 1.29 is 18.3 Å². The minimum Gasteiger partial charge on any atom is -0.393 e. The summed E-state index contributed by atoms with van der Waals surface area (Å²) >= 11 is 0. The normalized spacial score (nSPS) is 22.6. The van der Waals surface area contributed by atoms with Crippen molar-refractivity contribution in [2.45, 2.75) is 63.8 Å². The molecule has 0 bridgehead atoms. The van der Waals surface area contributed by atoms with Gasteiger partial charge in [0.05, 0.1) is 18.7 Å². The predicted octanol–water partition coefficient (Wildman–Crippen LogP) is 5.40. The number of H-pyrrole nitrogens is 1. The first-order valence-electron chi connectivity index (χ1n) is 13.3. The molecule has 1 fully saturated rings. The Balaban J connectivity index is 1.50. The molecule has 3 heterocycles. The van der Waals surface area contributed by atoms with Crippen LogP contribution in [0.1, 0.15) is 56.5 Å². The molecule has 8 heteroatoms. The molecule has 0 unspecified atom stereocenters. The van der Waals surface area contributed by atoms with E-state index < -0.39 is 30.0 Å². The zero-order valence-electron chi connectivity index (χ0n) is 21.8. The van der Waals surface area contributed by atoms with E-state index in [4.69, 9.17) is 0 Å². The lowest BCUT2D eigenvalue weighted by atomic mass is 9.87. The van der Waals surface area contributed by atoms with Crippen molar-refractivity contribution in [1.82, 2.24) is 14.8 Å². The highest BCUT2D eigenvalue weighted by atomic mass is 19.1. The first-order chi connectivity index (χ1) is 17.7. The fourth-order valence-corrected chi connectivity index (χ4v) is 5.89. The molecular weight excluding hydrogens is 477 g/mol. The van der Waals surface area contributed by atoms with Crippen LogP contribution in [0, 0.1) is 11.6 Å². The lowest BCUT2D eigenvalue weighted by Gasteiger charge is -2.43. The third-order valence-corrected chi connectivity index (χ3v) is 7.87. The summed E-state index contributed by atoms with van der Waals surface area (Å²) in [5.41, 5.74) is 0.953. The number of unbranched alkanes of at least 4 members (excludes halogenated alkanes) is 1. The molecule has 2 aliphatic heterocycles. The van der Waals surface area contributed by atoms with Gasteiger partial charge in [0.25, 0.3) is 0 Å². The van der Waals surface area contributed by atoms with Crippen molar-refractivity contribution in [3.05, 3.63) is 64.9 Å². The summed E-state index contributed by atoms with van der Waals surface area (Å²) < 4.78 is 46.7. The Labute approximate surface area is 216 Å². The van der Waals surface area contributed by atoms with Crippen molar-refractivity contribution in [2.75, 3.05) is 38.1 Å². The Morgan fingerprint density at radius 2 is 1.86 bits per heavy atom. The molecule has 5 rings (SSSR count). The third-order valence-electron chi connectivity index (χ3n) is 7.87. The maximum absolute atomic E-state index is 15.8. The molecule has 3 N–H and O–H groups in total. The SMILES string of the molecule is CCCCN1CC(Nc2cc(F)c([C@@H]3c4[nH]c5ccccc5c4C[C@@H](C)N3C[C@](C)(F)CO)c(F)c2)C1. The molecule has 3 aromatic rings. The number of aliphatic hydroxyl groups is 1. The number of benzene rings is 2. The molecule has 3 atom stereocenters. The Kier molecular flexibility index (Phi) is 7.27. The van der Waals surface area contributed by atoms with Crippen LogP contribution >= 0.6 is 0 Å². The van der Waals surface area contributed by atoms with Gasteiger partial charge in [0.15, 0.2) is 0 Å². The summed E-state index contributed by atoms with van der Waals surface area (Å²) in [7, 11) is 0. The van der Waals surface area contributed by atoms with E-state index in [1.54, 1.807) is 4.90 Å². The summed E-state index contributed by atoms with van der Waals surface area (Å²) in [4.78, 5) is 7.49. The second-order valence-electron chi connectivity index (χ2n) is 11.1. The van der Waals surface area contributed by atoms with Gasteiger partial charge in [-0.15, -0.1) is 0 Å². The minimum absolute atomic E-state index is 0.100.